The van der Waals surface area contributed by atoms with Crippen molar-refractivity contribution in [1.82, 2.24) is 10.2 Å². The minimum atomic E-state index is -1.06. The molecule has 2 aromatic carbocycles. The van der Waals surface area contributed by atoms with Crippen LogP contribution in [-0.4, -0.2) is 54.0 Å². The number of nitrogens with one attached hydrogen (secondary N) is 1. The van der Waals surface area contributed by atoms with E-state index < -0.39 is 11.6 Å². The molecule has 2 aliphatic rings. The molecule has 1 saturated heterocycles. The number of carbonyl (C=O) groups excluding carboxylic acids is 3. The number of rotatable bonds is 10. The number of nitrogens with two attached hydrogens (primary N) is 1. The lowest BCUT2D eigenvalue weighted by molar-refractivity contribution is -0.143. The Bertz CT molecular complexity index is 1160. The first-order chi connectivity index (χ1) is 18.6. The van der Waals surface area contributed by atoms with Crippen LogP contribution in [0.4, 0.5) is 0 Å². The van der Waals surface area contributed by atoms with Crippen molar-refractivity contribution in [3.8, 4) is 0 Å². The highest BCUT2D eigenvalue weighted by atomic mass is 35.5. The van der Waals surface area contributed by atoms with E-state index in [9.17, 15) is 14.4 Å². The SMILES string of the molecule is CCOC(=O)CC1CC2(CCN(C(=O)C(CCCc3ccccc3)NC(=O)C(C)(C)N)CC2)c2ccccc21.Cl. The number of ether oxygens (including phenoxy) is 1. The van der Waals surface area contributed by atoms with E-state index >= 15 is 0 Å². The molecule has 40 heavy (non-hydrogen) atoms. The van der Waals surface area contributed by atoms with Crippen molar-refractivity contribution in [2.45, 2.75) is 88.6 Å². The fourth-order valence-corrected chi connectivity index (χ4v) is 6.24. The molecular weight excluding hydrogens is 526 g/mol. The zero-order chi connectivity index (χ0) is 28.0. The molecule has 8 heteroatoms. The van der Waals surface area contributed by atoms with Gasteiger partial charge < -0.3 is 20.7 Å². The molecular formula is C32H44ClN3O4. The molecule has 0 radical (unpaired) electrons. The summed E-state index contributed by atoms with van der Waals surface area (Å²) in [5.74, 6) is -0.372. The summed E-state index contributed by atoms with van der Waals surface area (Å²) >= 11 is 0. The Kier molecular flexibility index (Phi) is 10.8. The van der Waals surface area contributed by atoms with Crippen molar-refractivity contribution in [3.05, 3.63) is 71.3 Å². The summed E-state index contributed by atoms with van der Waals surface area (Å²) in [6.45, 7) is 6.78. The fourth-order valence-electron chi connectivity index (χ4n) is 6.24. The molecule has 2 atom stereocenters. The predicted octanol–water partition coefficient (Wildman–Crippen LogP) is 4.65. The van der Waals surface area contributed by atoms with Gasteiger partial charge in [-0.1, -0.05) is 54.6 Å². The van der Waals surface area contributed by atoms with Gasteiger partial charge in [0.25, 0.3) is 0 Å². The van der Waals surface area contributed by atoms with Crippen molar-refractivity contribution in [2.75, 3.05) is 19.7 Å². The minimum absolute atomic E-state index is 0. The first kappa shape index (κ1) is 31.6. The largest absolute Gasteiger partial charge is 0.466 e. The van der Waals surface area contributed by atoms with Crippen molar-refractivity contribution in [2.24, 2.45) is 5.73 Å². The lowest BCUT2D eigenvalue weighted by Gasteiger charge is -2.41. The third-order valence-electron chi connectivity index (χ3n) is 8.35. The van der Waals surface area contributed by atoms with E-state index in [1.165, 1.54) is 16.7 Å². The molecule has 1 fully saturated rings. The third kappa shape index (κ3) is 7.43. The summed E-state index contributed by atoms with van der Waals surface area (Å²) in [6, 6.07) is 18.0. The molecule has 2 unspecified atom stereocenters. The average Bonchev–Trinajstić information content (AvgIpc) is 3.20. The molecule has 0 bridgehead atoms. The van der Waals surface area contributed by atoms with Gasteiger partial charge >= 0.3 is 5.97 Å². The van der Waals surface area contributed by atoms with Crippen LogP contribution in [0.3, 0.4) is 0 Å². The van der Waals surface area contributed by atoms with E-state index in [2.05, 4.69) is 35.6 Å². The summed E-state index contributed by atoms with van der Waals surface area (Å²) in [6.07, 6.45) is 5.14. The van der Waals surface area contributed by atoms with Crippen molar-refractivity contribution in [3.63, 3.8) is 0 Å². The Hall–Kier alpha value is -2.90. The van der Waals surface area contributed by atoms with Gasteiger partial charge in [0.15, 0.2) is 0 Å². The van der Waals surface area contributed by atoms with Crippen LogP contribution >= 0.6 is 12.4 Å². The highest BCUT2D eigenvalue weighted by Gasteiger charge is 2.46. The Morgan fingerprint density at radius 2 is 1.73 bits per heavy atom. The van der Waals surface area contributed by atoms with Gasteiger partial charge in [-0.15, -0.1) is 12.4 Å². The summed E-state index contributed by atoms with van der Waals surface area (Å²) in [7, 11) is 0. The van der Waals surface area contributed by atoms with Crippen LogP contribution in [0.25, 0.3) is 0 Å². The van der Waals surface area contributed by atoms with Crippen LogP contribution in [0.5, 0.6) is 0 Å². The summed E-state index contributed by atoms with van der Waals surface area (Å²) < 4.78 is 5.25. The van der Waals surface area contributed by atoms with Crippen LogP contribution in [0.15, 0.2) is 54.6 Å². The quantitative estimate of drug-likeness (QED) is 0.405. The number of piperidine rings is 1. The molecule has 1 heterocycles. The monoisotopic (exact) mass is 569 g/mol. The highest BCUT2D eigenvalue weighted by molar-refractivity contribution is 5.91. The van der Waals surface area contributed by atoms with Crippen LogP contribution < -0.4 is 11.1 Å². The van der Waals surface area contributed by atoms with E-state index in [0.29, 0.717) is 32.5 Å². The van der Waals surface area contributed by atoms with Gasteiger partial charge in [0.1, 0.15) is 6.04 Å². The maximum Gasteiger partial charge on any atom is 0.306 e. The summed E-state index contributed by atoms with van der Waals surface area (Å²) in [4.78, 5) is 40.7. The second-order valence-corrected chi connectivity index (χ2v) is 11.7. The Morgan fingerprint density at radius 1 is 1.07 bits per heavy atom. The van der Waals surface area contributed by atoms with Crippen LogP contribution in [0.2, 0.25) is 0 Å². The van der Waals surface area contributed by atoms with Crippen molar-refractivity contribution >= 4 is 30.2 Å². The number of hydrogen-bond donors (Lipinski definition) is 2. The van der Waals surface area contributed by atoms with E-state index in [1.807, 2.05) is 36.1 Å². The van der Waals surface area contributed by atoms with Crippen LogP contribution in [0, 0.1) is 0 Å². The molecule has 4 rings (SSSR count). The van der Waals surface area contributed by atoms with Gasteiger partial charge in [0.05, 0.1) is 18.6 Å². The number of amides is 2. The van der Waals surface area contributed by atoms with E-state index in [4.69, 9.17) is 10.5 Å². The van der Waals surface area contributed by atoms with Gasteiger partial charge in [-0.25, -0.2) is 0 Å². The first-order valence-electron chi connectivity index (χ1n) is 14.3. The second kappa shape index (κ2) is 13.6. The van der Waals surface area contributed by atoms with Gasteiger partial charge in [0, 0.05) is 13.1 Å². The third-order valence-corrected chi connectivity index (χ3v) is 8.35. The molecule has 0 aromatic heterocycles. The van der Waals surface area contributed by atoms with Crippen molar-refractivity contribution < 1.29 is 19.1 Å². The smallest absolute Gasteiger partial charge is 0.306 e. The number of halogens is 1. The first-order valence-corrected chi connectivity index (χ1v) is 14.3. The normalized spacial score (nSPS) is 18.4. The van der Waals surface area contributed by atoms with Crippen LogP contribution in [0.1, 0.15) is 81.9 Å². The molecule has 1 aliphatic carbocycles. The van der Waals surface area contributed by atoms with Gasteiger partial charge in [-0.2, -0.15) is 0 Å². The Morgan fingerprint density at radius 3 is 2.38 bits per heavy atom. The van der Waals surface area contributed by atoms with E-state index in [1.54, 1.807) is 13.8 Å². The van der Waals surface area contributed by atoms with Crippen LogP contribution in [-0.2, 0) is 31.0 Å². The van der Waals surface area contributed by atoms with Gasteiger partial charge in [0.2, 0.25) is 11.8 Å². The topological polar surface area (TPSA) is 102 Å². The van der Waals surface area contributed by atoms with E-state index in [-0.39, 0.29) is 41.5 Å². The number of aryl methyl sites for hydroxylation is 1. The van der Waals surface area contributed by atoms with Gasteiger partial charge in [-0.3, -0.25) is 14.4 Å². The number of benzene rings is 2. The number of hydrogen-bond acceptors (Lipinski definition) is 5. The molecule has 1 aliphatic heterocycles. The predicted molar refractivity (Wildman–Crippen MR) is 159 cm³/mol. The maximum atomic E-state index is 13.7. The number of carbonyl (C=O) groups is 3. The molecule has 218 valence electrons. The number of fused-ring (bicyclic) bond motifs is 2. The molecule has 1 spiro atoms. The van der Waals surface area contributed by atoms with Gasteiger partial charge in [-0.05, 0) is 87.3 Å². The lowest BCUT2D eigenvalue weighted by Crippen LogP contribution is -2.57. The maximum absolute atomic E-state index is 13.7. The Labute approximate surface area is 244 Å². The molecule has 2 aromatic rings. The number of nitrogens with zero attached hydrogens (tertiary/aromatic N) is 1. The second-order valence-electron chi connectivity index (χ2n) is 11.7. The number of likely N-dealkylation sites (tertiary alicyclic amines) is 1. The minimum Gasteiger partial charge on any atom is -0.466 e. The summed E-state index contributed by atoms with van der Waals surface area (Å²) in [5.41, 5.74) is 8.70. The fraction of sp³-hybridized carbons (Fsp3) is 0.531. The lowest BCUT2D eigenvalue weighted by atomic mass is 9.73. The molecule has 2 amide bonds. The Balaban J connectivity index is 0.00000441. The standard InChI is InChI=1S/C32H43N3O4.ClH/c1-4-39-28(36)21-24-22-32(26-15-9-8-14-25(24)26)17-19-35(20-18-32)29(37)27(34-30(38)31(2,3)33)16-10-13-23-11-6-5-7-12-23;/h5-9,11-12,14-15,24,27H,4,10,13,16-22,33H2,1-3H3,(H,34,38);1H. The zero-order valence-electron chi connectivity index (χ0n) is 24.0. The van der Waals surface area contributed by atoms with E-state index in [0.717, 1.165) is 32.1 Å². The summed E-state index contributed by atoms with van der Waals surface area (Å²) in [5, 5.41) is 2.95. The number of esters is 1. The average molecular weight is 570 g/mol. The zero-order valence-corrected chi connectivity index (χ0v) is 24.8. The molecule has 0 saturated carbocycles. The molecule has 7 nitrogen and oxygen atoms in total. The van der Waals surface area contributed by atoms with Crippen molar-refractivity contribution in [1.29, 1.82) is 0 Å². The molecule has 3 N–H and O–H groups in total. The highest BCUT2D eigenvalue weighted by Crippen LogP contribution is 2.52.